The molecular weight excluding hydrogens is 265 g/mol. The van der Waals surface area contributed by atoms with Gasteiger partial charge in [0.1, 0.15) is 0 Å². The van der Waals surface area contributed by atoms with Crippen molar-refractivity contribution >= 4 is 17.7 Å². The van der Waals surface area contributed by atoms with Gasteiger partial charge in [-0.25, -0.2) is 0 Å². The fourth-order valence-electron chi connectivity index (χ4n) is 1.93. The summed E-state index contributed by atoms with van der Waals surface area (Å²) in [5.74, 6) is -0.895. The molecule has 106 valence electrons. The lowest BCUT2D eigenvalue weighted by atomic mass is 9.85. The lowest BCUT2D eigenvalue weighted by Gasteiger charge is -2.29. The van der Waals surface area contributed by atoms with Gasteiger partial charge >= 0.3 is 6.18 Å². The fourth-order valence-corrected chi connectivity index (χ4v) is 2.29. The highest BCUT2D eigenvalue weighted by Gasteiger charge is 2.61. The number of halogens is 3. The lowest BCUT2D eigenvalue weighted by Crippen LogP contribution is -2.52. The van der Waals surface area contributed by atoms with Crippen molar-refractivity contribution in [2.24, 2.45) is 5.41 Å². The van der Waals surface area contributed by atoms with E-state index in [0.29, 0.717) is 18.2 Å². The molecule has 1 aliphatic rings. The molecular formula is C11H19F3N2OS. The van der Waals surface area contributed by atoms with Gasteiger partial charge in [-0.3, -0.25) is 4.79 Å². The summed E-state index contributed by atoms with van der Waals surface area (Å²) in [6.07, 6.45) is -2.06. The molecule has 3 nitrogen and oxygen atoms in total. The molecule has 0 aromatic heterocycles. The Morgan fingerprint density at radius 2 is 2.22 bits per heavy atom. The molecule has 0 radical (unpaired) electrons. The van der Waals surface area contributed by atoms with Crippen molar-refractivity contribution < 1.29 is 18.0 Å². The number of thioether (sulfide) groups is 1. The maximum Gasteiger partial charge on any atom is 0.404 e. The monoisotopic (exact) mass is 284 g/mol. The van der Waals surface area contributed by atoms with Crippen molar-refractivity contribution in [3.05, 3.63) is 0 Å². The van der Waals surface area contributed by atoms with E-state index in [-0.39, 0.29) is 19.5 Å². The first kappa shape index (κ1) is 15.6. The zero-order valence-electron chi connectivity index (χ0n) is 10.6. The Balaban J connectivity index is 2.57. The Kier molecular flexibility index (Phi) is 5.33. The van der Waals surface area contributed by atoms with Gasteiger partial charge in [-0.1, -0.05) is 6.92 Å². The van der Waals surface area contributed by atoms with Crippen LogP contribution in [-0.4, -0.2) is 43.2 Å². The normalized spacial score (nSPS) is 26.1. The standard InChI is InChI=1S/C11H19F3N2OS/c1-8(18-2)3-5-16-9(17)10(11(12,13)14)4-6-15-7-10/h8,15H,3-7H2,1-2H3,(H,16,17). The summed E-state index contributed by atoms with van der Waals surface area (Å²) in [7, 11) is 0. The van der Waals surface area contributed by atoms with Gasteiger partial charge in [0, 0.05) is 18.3 Å². The van der Waals surface area contributed by atoms with E-state index < -0.39 is 17.5 Å². The van der Waals surface area contributed by atoms with Crippen LogP contribution < -0.4 is 10.6 Å². The van der Waals surface area contributed by atoms with E-state index in [1.807, 2.05) is 13.2 Å². The highest BCUT2D eigenvalue weighted by atomic mass is 32.2. The topological polar surface area (TPSA) is 41.1 Å². The smallest absolute Gasteiger partial charge is 0.355 e. The van der Waals surface area contributed by atoms with Crippen molar-refractivity contribution in [1.82, 2.24) is 10.6 Å². The van der Waals surface area contributed by atoms with Crippen LogP contribution in [0.2, 0.25) is 0 Å². The fraction of sp³-hybridized carbons (Fsp3) is 0.909. The van der Waals surface area contributed by atoms with Crippen LogP contribution in [0.5, 0.6) is 0 Å². The third-order valence-corrected chi connectivity index (χ3v) is 4.41. The average Bonchev–Trinajstić information content (AvgIpc) is 2.78. The molecule has 7 heteroatoms. The third-order valence-electron chi connectivity index (χ3n) is 3.37. The molecule has 1 fully saturated rings. The first-order valence-corrected chi connectivity index (χ1v) is 7.21. The van der Waals surface area contributed by atoms with E-state index in [4.69, 9.17) is 0 Å². The van der Waals surface area contributed by atoms with Gasteiger partial charge in [-0.05, 0) is 25.6 Å². The second-order valence-electron chi connectivity index (χ2n) is 4.60. The van der Waals surface area contributed by atoms with E-state index in [1.165, 1.54) is 0 Å². The van der Waals surface area contributed by atoms with Crippen molar-refractivity contribution in [2.45, 2.75) is 31.2 Å². The molecule has 1 amide bonds. The zero-order chi connectivity index (χ0) is 13.8. The summed E-state index contributed by atoms with van der Waals surface area (Å²) in [6.45, 7) is 2.18. The van der Waals surface area contributed by atoms with Crippen molar-refractivity contribution in [3.8, 4) is 0 Å². The molecule has 2 atom stereocenters. The van der Waals surface area contributed by atoms with Crippen LogP contribution in [0.25, 0.3) is 0 Å². The van der Waals surface area contributed by atoms with Crippen LogP contribution in [-0.2, 0) is 4.79 Å². The van der Waals surface area contributed by atoms with Crippen LogP contribution >= 0.6 is 11.8 Å². The highest BCUT2D eigenvalue weighted by molar-refractivity contribution is 7.99. The number of hydrogen-bond acceptors (Lipinski definition) is 3. The summed E-state index contributed by atoms with van der Waals surface area (Å²) >= 11 is 1.63. The van der Waals surface area contributed by atoms with Crippen molar-refractivity contribution in [2.75, 3.05) is 25.9 Å². The van der Waals surface area contributed by atoms with Crippen LogP contribution in [0, 0.1) is 5.41 Å². The minimum atomic E-state index is -4.49. The van der Waals surface area contributed by atoms with Crippen LogP contribution in [0.15, 0.2) is 0 Å². The zero-order valence-corrected chi connectivity index (χ0v) is 11.4. The van der Waals surface area contributed by atoms with E-state index in [1.54, 1.807) is 11.8 Å². The van der Waals surface area contributed by atoms with Crippen molar-refractivity contribution in [1.29, 1.82) is 0 Å². The van der Waals surface area contributed by atoms with Crippen LogP contribution in [0.1, 0.15) is 19.8 Å². The number of alkyl halides is 3. The van der Waals surface area contributed by atoms with Crippen LogP contribution in [0.3, 0.4) is 0 Å². The Labute approximate surface area is 109 Å². The quantitative estimate of drug-likeness (QED) is 0.808. The molecule has 0 aromatic rings. The predicted octanol–water partition coefficient (Wildman–Crippen LogP) is 1.79. The first-order chi connectivity index (χ1) is 8.33. The first-order valence-electron chi connectivity index (χ1n) is 5.92. The lowest BCUT2D eigenvalue weighted by molar-refractivity contribution is -0.216. The average molecular weight is 284 g/mol. The van der Waals surface area contributed by atoms with Gasteiger partial charge in [0.05, 0.1) is 0 Å². The summed E-state index contributed by atoms with van der Waals surface area (Å²) < 4.78 is 39.0. The Morgan fingerprint density at radius 3 is 2.67 bits per heavy atom. The number of carbonyl (C=O) groups excluding carboxylic acids is 1. The highest BCUT2D eigenvalue weighted by Crippen LogP contribution is 2.43. The van der Waals surface area contributed by atoms with Crippen molar-refractivity contribution in [3.63, 3.8) is 0 Å². The van der Waals surface area contributed by atoms with E-state index in [9.17, 15) is 18.0 Å². The summed E-state index contributed by atoms with van der Waals surface area (Å²) in [6, 6.07) is 0. The minimum Gasteiger partial charge on any atom is -0.355 e. The number of nitrogens with one attached hydrogen (secondary N) is 2. The Hall–Kier alpha value is -0.430. The van der Waals surface area contributed by atoms with Gasteiger partial charge in [0.15, 0.2) is 5.41 Å². The predicted molar refractivity (Wildman–Crippen MR) is 66.6 cm³/mol. The molecule has 2 N–H and O–H groups in total. The molecule has 0 aromatic carbocycles. The molecule has 0 spiro atoms. The van der Waals surface area contributed by atoms with Gasteiger partial charge < -0.3 is 10.6 Å². The van der Waals surface area contributed by atoms with Gasteiger partial charge in [0.25, 0.3) is 0 Å². The SMILES string of the molecule is CSC(C)CCNC(=O)C1(C(F)(F)F)CCNC1. The maximum absolute atomic E-state index is 13.0. The molecule has 1 saturated heterocycles. The number of hydrogen-bond donors (Lipinski definition) is 2. The molecule has 1 heterocycles. The Bertz CT molecular complexity index is 291. The largest absolute Gasteiger partial charge is 0.404 e. The van der Waals surface area contributed by atoms with Gasteiger partial charge in [-0.15, -0.1) is 0 Å². The second kappa shape index (κ2) is 6.14. The van der Waals surface area contributed by atoms with Gasteiger partial charge in [0.2, 0.25) is 5.91 Å². The summed E-state index contributed by atoms with van der Waals surface area (Å²) in [5.41, 5.74) is -2.24. The molecule has 0 aliphatic carbocycles. The number of amides is 1. The van der Waals surface area contributed by atoms with Gasteiger partial charge in [-0.2, -0.15) is 24.9 Å². The van der Waals surface area contributed by atoms with E-state index in [0.717, 1.165) is 0 Å². The third kappa shape index (κ3) is 3.32. The minimum absolute atomic E-state index is 0.180. The maximum atomic E-state index is 13.0. The van der Waals surface area contributed by atoms with E-state index >= 15 is 0 Å². The molecule has 0 bridgehead atoms. The molecule has 2 unspecified atom stereocenters. The molecule has 0 saturated carbocycles. The van der Waals surface area contributed by atoms with Crippen LogP contribution in [0.4, 0.5) is 13.2 Å². The van der Waals surface area contributed by atoms with E-state index in [2.05, 4.69) is 10.6 Å². The Morgan fingerprint density at radius 1 is 1.56 bits per heavy atom. The molecule has 18 heavy (non-hydrogen) atoms. The summed E-state index contributed by atoms with van der Waals surface area (Å²) in [5, 5.41) is 5.38. The molecule has 1 aliphatic heterocycles. The number of carbonyl (C=O) groups is 1. The number of rotatable bonds is 5. The second-order valence-corrected chi connectivity index (χ2v) is 5.87. The molecule has 1 rings (SSSR count). The summed E-state index contributed by atoms with van der Waals surface area (Å²) in [4.78, 5) is 11.8.